The first kappa shape index (κ1) is 36.3. The normalized spacial score (nSPS) is 45.5. The summed E-state index contributed by atoms with van der Waals surface area (Å²) in [5, 5.41) is 0. The zero-order valence-electron chi connectivity index (χ0n) is 31.3. The Hall–Kier alpha value is -2.00. The molecule has 8 fully saturated rings. The third-order valence-electron chi connectivity index (χ3n) is 13.4. The quantitative estimate of drug-likeness (QED) is 0.346. The van der Waals surface area contributed by atoms with Crippen LogP contribution in [0.2, 0.25) is 0 Å². The molecule has 54 heavy (non-hydrogen) atoms. The van der Waals surface area contributed by atoms with E-state index >= 15 is 0 Å². The fourth-order valence-corrected chi connectivity index (χ4v) is 10.6. The Morgan fingerprint density at radius 2 is 1.17 bits per heavy atom. The highest BCUT2D eigenvalue weighted by Gasteiger charge is 2.61. The maximum absolute atomic E-state index is 6.97. The van der Waals surface area contributed by atoms with Crippen molar-refractivity contribution in [1.82, 2.24) is 0 Å². The van der Waals surface area contributed by atoms with Crippen molar-refractivity contribution < 1.29 is 52.1 Å². The van der Waals surface area contributed by atoms with Gasteiger partial charge in [-0.3, -0.25) is 0 Å². The fourth-order valence-electron chi connectivity index (χ4n) is 10.6. The minimum absolute atomic E-state index is 0.0127. The van der Waals surface area contributed by atoms with E-state index in [1.54, 1.807) is 7.11 Å². The van der Waals surface area contributed by atoms with E-state index in [-0.39, 0.29) is 91.6 Å². The van der Waals surface area contributed by atoms with E-state index in [4.69, 9.17) is 52.1 Å². The SMILES string of the molecule is CO[C@]12C[C@H]3O[C@H]4CC[C@H]5O[C@H]6CCCO[C@@H]6C[C@@H]5O[C@@H]4C[C@@H]3O[C@@H]1C[C@@H]1O[C@@H]3C[C@H](OCc4ccccc4)[C@@H](COCc4ccccc4)O[C@H]3C[C@H]1O2. The molecule has 0 radical (unpaired) electrons. The Balaban J connectivity index is 0.806. The molecule has 11 heteroatoms. The van der Waals surface area contributed by atoms with E-state index in [9.17, 15) is 0 Å². The van der Waals surface area contributed by atoms with Crippen molar-refractivity contribution in [3.05, 3.63) is 71.8 Å². The minimum Gasteiger partial charge on any atom is -0.375 e. The molecule has 16 atom stereocenters. The van der Waals surface area contributed by atoms with E-state index in [1.165, 1.54) is 0 Å². The van der Waals surface area contributed by atoms with Gasteiger partial charge in [0.25, 0.3) is 0 Å². The van der Waals surface area contributed by atoms with Crippen molar-refractivity contribution in [3.8, 4) is 0 Å². The van der Waals surface area contributed by atoms with Crippen LogP contribution in [0, 0.1) is 0 Å². The Morgan fingerprint density at radius 1 is 0.574 bits per heavy atom. The minimum atomic E-state index is -0.921. The lowest BCUT2D eigenvalue weighted by Gasteiger charge is -2.58. The average molecular weight is 749 g/mol. The maximum Gasteiger partial charge on any atom is 0.197 e. The fraction of sp³-hybridized carbons (Fsp3) is 0.721. The first-order chi connectivity index (χ1) is 26.6. The second-order valence-electron chi connectivity index (χ2n) is 16.7. The number of benzene rings is 2. The lowest BCUT2D eigenvalue weighted by molar-refractivity contribution is -0.405. The molecule has 8 aliphatic rings. The number of hydrogen-bond acceptors (Lipinski definition) is 11. The van der Waals surface area contributed by atoms with Gasteiger partial charge in [0.15, 0.2) is 5.79 Å². The molecule has 0 saturated carbocycles. The van der Waals surface area contributed by atoms with Crippen LogP contribution < -0.4 is 0 Å². The van der Waals surface area contributed by atoms with Crippen molar-refractivity contribution >= 4 is 0 Å². The van der Waals surface area contributed by atoms with Crippen molar-refractivity contribution in [2.45, 2.75) is 175 Å². The summed E-state index contributed by atoms with van der Waals surface area (Å²) >= 11 is 0. The molecule has 294 valence electrons. The smallest absolute Gasteiger partial charge is 0.197 e. The van der Waals surface area contributed by atoms with Gasteiger partial charge in [-0.05, 0) is 36.8 Å². The van der Waals surface area contributed by atoms with Gasteiger partial charge in [0.2, 0.25) is 0 Å². The molecule has 8 heterocycles. The molecule has 0 aliphatic carbocycles. The van der Waals surface area contributed by atoms with Crippen LogP contribution in [-0.4, -0.2) is 118 Å². The van der Waals surface area contributed by atoms with Gasteiger partial charge in [0.1, 0.15) is 12.2 Å². The highest BCUT2D eigenvalue weighted by atomic mass is 16.7. The van der Waals surface area contributed by atoms with Gasteiger partial charge in [-0.25, -0.2) is 0 Å². The van der Waals surface area contributed by atoms with Gasteiger partial charge in [-0.2, -0.15) is 0 Å². The summed E-state index contributed by atoms with van der Waals surface area (Å²) < 4.78 is 73.1. The van der Waals surface area contributed by atoms with Crippen LogP contribution in [0.3, 0.4) is 0 Å². The number of rotatable bonds is 8. The predicted octanol–water partition coefficient (Wildman–Crippen LogP) is 5.43. The van der Waals surface area contributed by atoms with Crippen LogP contribution in [-0.2, 0) is 65.3 Å². The summed E-state index contributed by atoms with van der Waals surface area (Å²) in [7, 11) is 1.74. The molecule has 10 rings (SSSR count). The molecule has 0 spiro atoms. The van der Waals surface area contributed by atoms with E-state index in [1.807, 2.05) is 36.4 Å². The van der Waals surface area contributed by atoms with Crippen LogP contribution in [0.15, 0.2) is 60.7 Å². The lowest BCUT2D eigenvalue weighted by atomic mass is 9.81. The second-order valence-corrected chi connectivity index (χ2v) is 16.7. The number of ether oxygens (including phenoxy) is 11. The standard InChI is InChI=1S/C43H56O11/c1-44-43-22-40-37(19-34-30(49-40)15-14-29-33(50-34)17-31-28(48-29)13-8-16-46-31)53-42(43)21-38-39(54-43)20-36-35(51-38)18-32(47-24-27-11-6-3-7-12-27)41(52-36)25-45-23-26-9-4-2-5-10-26/h2-7,9-12,28-42H,8,13-25H2,1H3/t28-,29+,30-,31+,32-,33-,34+,35+,36-,37-,38-,39+,40+,41+,42+,43-/m0/s1. The molecule has 0 unspecified atom stereocenters. The van der Waals surface area contributed by atoms with Crippen molar-refractivity contribution in [3.63, 3.8) is 0 Å². The third-order valence-corrected chi connectivity index (χ3v) is 13.4. The summed E-state index contributed by atoms with van der Waals surface area (Å²) in [4.78, 5) is 0. The molecule has 0 N–H and O–H groups in total. The first-order valence-corrected chi connectivity index (χ1v) is 20.6. The molecular formula is C43H56O11. The van der Waals surface area contributed by atoms with Crippen molar-refractivity contribution in [2.75, 3.05) is 20.3 Å². The van der Waals surface area contributed by atoms with Gasteiger partial charge in [-0.15, -0.1) is 0 Å². The molecule has 2 aromatic rings. The highest BCUT2D eigenvalue weighted by molar-refractivity contribution is 5.14. The van der Waals surface area contributed by atoms with Crippen molar-refractivity contribution in [1.29, 1.82) is 0 Å². The van der Waals surface area contributed by atoms with E-state index in [0.29, 0.717) is 39.1 Å². The molecule has 11 nitrogen and oxygen atoms in total. The number of fused-ring (bicyclic) bond motifs is 7. The van der Waals surface area contributed by atoms with E-state index in [2.05, 4.69) is 24.3 Å². The maximum atomic E-state index is 6.97. The van der Waals surface area contributed by atoms with Crippen LogP contribution in [0.25, 0.3) is 0 Å². The third kappa shape index (κ3) is 7.33. The molecule has 8 aliphatic heterocycles. The summed E-state index contributed by atoms with van der Waals surface area (Å²) in [5.74, 6) is -0.921. The Morgan fingerprint density at radius 3 is 1.93 bits per heavy atom. The summed E-state index contributed by atoms with van der Waals surface area (Å²) in [6, 6.07) is 20.5. The summed E-state index contributed by atoms with van der Waals surface area (Å²) in [5.41, 5.74) is 2.26. The van der Waals surface area contributed by atoms with Crippen LogP contribution >= 0.6 is 0 Å². The zero-order valence-corrected chi connectivity index (χ0v) is 31.3. The van der Waals surface area contributed by atoms with Crippen molar-refractivity contribution in [2.24, 2.45) is 0 Å². The molecule has 8 saturated heterocycles. The van der Waals surface area contributed by atoms with Gasteiger partial charge in [-0.1, -0.05) is 60.7 Å². The monoisotopic (exact) mass is 748 g/mol. The van der Waals surface area contributed by atoms with Gasteiger partial charge in [0.05, 0.1) is 99.2 Å². The summed E-state index contributed by atoms with van der Waals surface area (Å²) in [6.07, 6.45) is 7.16. The molecule has 2 aromatic carbocycles. The van der Waals surface area contributed by atoms with Gasteiger partial charge >= 0.3 is 0 Å². The molecular weight excluding hydrogens is 692 g/mol. The van der Waals surface area contributed by atoms with Crippen LogP contribution in [0.5, 0.6) is 0 Å². The number of methoxy groups -OCH3 is 1. The van der Waals surface area contributed by atoms with Gasteiger partial charge < -0.3 is 52.1 Å². The zero-order chi connectivity index (χ0) is 36.1. The van der Waals surface area contributed by atoms with Gasteiger partial charge in [0, 0.05) is 52.2 Å². The molecule has 0 bridgehead atoms. The second kappa shape index (κ2) is 15.7. The molecule has 0 aromatic heterocycles. The molecule has 0 amide bonds. The average Bonchev–Trinajstić information content (AvgIpc) is 3.37. The van der Waals surface area contributed by atoms with Crippen LogP contribution in [0.4, 0.5) is 0 Å². The predicted molar refractivity (Wildman–Crippen MR) is 194 cm³/mol. The lowest BCUT2D eigenvalue weighted by Crippen LogP contribution is -2.69. The Bertz CT molecular complexity index is 1530. The topological polar surface area (TPSA) is 102 Å². The summed E-state index contributed by atoms with van der Waals surface area (Å²) in [6.45, 7) is 2.26. The number of hydrogen-bond donors (Lipinski definition) is 0. The highest BCUT2D eigenvalue weighted by Crippen LogP contribution is 2.49. The Kier molecular flexibility index (Phi) is 10.6. The largest absolute Gasteiger partial charge is 0.375 e. The van der Waals surface area contributed by atoms with E-state index in [0.717, 1.165) is 62.7 Å². The first-order valence-electron chi connectivity index (χ1n) is 20.6. The van der Waals surface area contributed by atoms with E-state index < -0.39 is 5.79 Å². The Labute approximate surface area is 318 Å². The van der Waals surface area contributed by atoms with Crippen LogP contribution in [0.1, 0.15) is 75.3 Å².